The van der Waals surface area contributed by atoms with Crippen LogP contribution in [0, 0.1) is 0 Å². The van der Waals surface area contributed by atoms with E-state index in [4.69, 9.17) is 10.2 Å². The van der Waals surface area contributed by atoms with Crippen molar-refractivity contribution < 1.29 is 14.3 Å². The zero-order chi connectivity index (χ0) is 19.4. The third-order valence-electron chi connectivity index (χ3n) is 4.29. The largest absolute Gasteiger partial charge is 0.459 e. The molecule has 0 spiro atoms. The molecule has 10 heteroatoms. The van der Waals surface area contributed by atoms with Gasteiger partial charge in [0.1, 0.15) is 11.5 Å². The molecule has 4 N–H and O–H groups in total. The first kappa shape index (κ1) is 18.6. The van der Waals surface area contributed by atoms with Crippen molar-refractivity contribution in [1.82, 2.24) is 14.6 Å². The van der Waals surface area contributed by atoms with E-state index in [0.717, 1.165) is 5.69 Å². The molecule has 10 nitrogen and oxygen atoms in total. The van der Waals surface area contributed by atoms with Gasteiger partial charge in [-0.15, -0.1) is 0 Å². The maximum atomic E-state index is 12.7. The molecule has 0 atom stereocenters. The van der Waals surface area contributed by atoms with Crippen LogP contribution in [0.1, 0.15) is 41.7 Å². The van der Waals surface area contributed by atoms with Crippen LogP contribution in [0.5, 0.6) is 0 Å². The van der Waals surface area contributed by atoms with Crippen molar-refractivity contribution in [2.75, 3.05) is 6.61 Å². The number of rotatable bonds is 5. The molecule has 3 rings (SSSR count). The molecule has 0 unspecified atom stereocenters. The molecule has 1 amide bonds. The Balaban J connectivity index is 2.09. The third kappa shape index (κ3) is 3.70. The molecular formula is C17H22N6O4. The number of hydrogen-bond acceptors (Lipinski definition) is 6. The summed E-state index contributed by atoms with van der Waals surface area (Å²) >= 11 is 0. The van der Waals surface area contributed by atoms with E-state index in [0.29, 0.717) is 37.3 Å². The molecular weight excluding hydrogens is 352 g/mol. The van der Waals surface area contributed by atoms with E-state index >= 15 is 0 Å². The molecule has 0 aliphatic carbocycles. The van der Waals surface area contributed by atoms with Gasteiger partial charge in [0.2, 0.25) is 0 Å². The Kier molecular flexibility index (Phi) is 5.55. The first-order valence-corrected chi connectivity index (χ1v) is 8.74. The van der Waals surface area contributed by atoms with E-state index in [2.05, 4.69) is 15.5 Å². The number of imidazole rings is 1. The second-order valence-electron chi connectivity index (χ2n) is 6.01. The van der Waals surface area contributed by atoms with Gasteiger partial charge in [0.05, 0.1) is 25.1 Å². The molecule has 0 saturated carbocycles. The van der Waals surface area contributed by atoms with Crippen molar-refractivity contribution in [2.45, 2.75) is 39.3 Å². The Bertz CT molecular complexity index is 936. The van der Waals surface area contributed by atoms with E-state index in [1.807, 2.05) is 6.92 Å². The molecule has 2 aromatic heterocycles. The Morgan fingerprint density at radius 1 is 1.44 bits per heavy atom. The molecule has 0 aromatic carbocycles. The van der Waals surface area contributed by atoms with Gasteiger partial charge >= 0.3 is 11.6 Å². The molecule has 0 radical (unpaired) electrons. The summed E-state index contributed by atoms with van der Waals surface area (Å²) in [6.45, 7) is 2.24. The van der Waals surface area contributed by atoms with Crippen LogP contribution in [0.2, 0.25) is 0 Å². The minimum absolute atomic E-state index is 0.105. The van der Waals surface area contributed by atoms with Crippen LogP contribution in [0.25, 0.3) is 0 Å². The van der Waals surface area contributed by atoms with E-state index in [-0.39, 0.29) is 30.4 Å². The molecule has 0 saturated heterocycles. The number of hydrazone groups is 1. The number of amidine groups is 2. The predicted octanol–water partition coefficient (Wildman–Crippen LogP) is 0.0401. The summed E-state index contributed by atoms with van der Waals surface area (Å²) in [7, 11) is 0. The number of hydrogen-bond donors (Lipinski definition) is 3. The van der Waals surface area contributed by atoms with E-state index in [1.165, 1.54) is 21.5 Å². The van der Waals surface area contributed by atoms with Gasteiger partial charge in [-0.3, -0.25) is 13.9 Å². The standard InChI is InChI=1S/C17H22N6O4/c1-2-22-14-11(23(8-9-24)17(22)26)5-3-7-13(18)19-15(14)20-21-16(25)12-6-4-10-27-12/h4,6,10,24H,2-3,5,7-9H2,1H3,(H,21,25)(H2,18,19,20). The number of nitrogens with two attached hydrogens (primary N) is 1. The average Bonchev–Trinajstić information content (AvgIpc) is 3.26. The highest BCUT2D eigenvalue weighted by atomic mass is 16.3. The number of carbonyl (C=O) groups is 1. The van der Waals surface area contributed by atoms with Crippen LogP contribution in [-0.2, 0) is 19.5 Å². The molecule has 1 aliphatic rings. The van der Waals surface area contributed by atoms with Crippen LogP contribution < -0.4 is 16.8 Å². The lowest BCUT2D eigenvalue weighted by molar-refractivity contribution is 0.0927. The number of nitrogens with zero attached hydrogens (tertiary/aromatic N) is 4. The van der Waals surface area contributed by atoms with Crippen LogP contribution in [0.4, 0.5) is 0 Å². The van der Waals surface area contributed by atoms with Gasteiger partial charge in [-0.25, -0.2) is 15.2 Å². The van der Waals surface area contributed by atoms with Gasteiger partial charge in [-0.05, 0) is 31.9 Å². The Morgan fingerprint density at radius 3 is 2.93 bits per heavy atom. The number of nitrogens with one attached hydrogen (secondary N) is 1. The lowest BCUT2D eigenvalue weighted by Crippen LogP contribution is -2.27. The van der Waals surface area contributed by atoms with Gasteiger partial charge in [0.25, 0.3) is 0 Å². The van der Waals surface area contributed by atoms with Crippen molar-refractivity contribution >= 4 is 17.6 Å². The molecule has 27 heavy (non-hydrogen) atoms. The smallest absolute Gasteiger partial charge is 0.329 e. The molecule has 0 bridgehead atoms. The zero-order valence-corrected chi connectivity index (χ0v) is 15.0. The van der Waals surface area contributed by atoms with Gasteiger partial charge < -0.3 is 15.3 Å². The van der Waals surface area contributed by atoms with Crippen molar-refractivity contribution in [3.63, 3.8) is 0 Å². The van der Waals surface area contributed by atoms with E-state index in [1.54, 1.807) is 6.07 Å². The third-order valence-corrected chi connectivity index (χ3v) is 4.29. The van der Waals surface area contributed by atoms with Crippen LogP contribution in [-0.4, -0.2) is 38.4 Å². The lowest BCUT2D eigenvalue weighted by Gasteiger charge is -2.13. The summed E-state index contributed by atoms with van der Waals surface area (Å²) < 4.78 is 8.09. The minimum atomic E-state index is -0.537. The van der Waals surface area contributed by atoms with Crippen LogP contribution in [0.15, 0.2) is 37.7 Å². The summed E-state index contributed by atoms with van der Waals surface area (Å²) in [5.41, 5.74) is 9.31. The fourth-order valence-electron chi connectivity index (χ4n) is 3.09. The highest BCUT2D eigenvalue weighted by molar-refractivity contribution is 6.07. The predicted molar refractivity (Wildman–Crippen MR) is 98.7 cm³/mol. The van der Waals surface area contributed by atoms with Crippen molar-refractivity contribution in [2.24, 2.45) is 15.8 Å². The summed E-state index contributed by atoms with van der Waals surface area (Å²) in [5.74, 6) is 0.0903. The number of aliphatic imine (C=N–C) groups is 1. The Morgan fingerprint density at radius 2 is 2.26 bits per heavy atom. The number of aromatic nitrogens is 2. The quantitative estimate of drug-likeness (QED) is 0.634. The first-order chi connectivity index (χ1) is 13.1. The van der Waals surface area contributed by atoms with Gasteiger partial charge in [0, 0.05) is 13.0 Å². The van der Waals surface area contributed by atoms with Crippen molar-refractivity contribution in [1.29, 1.82) is 0 Å². The molecule has 2 aromatic rings. The second-order valence-corrected chi connectivity index (χ2v) is 6.01. The maximum Gasteiger partial charge on any atom is 0.329 e. The minimum Gasteiger partial charge on any atom is -0.459 e. The lowest BCUT2D eigenvalue weighted by atomic mass is 10.1. The summed E-state index contributed by atoms with van der Waals surface area (Å²) in [4.78, 5) is 29.2. The topological polar surface area (TPSA) is 140 Å². The Labute approximate surface area is 155 Å². The monoisotopic (exact) mass is 374 g/mol. The highest BCUT2D eigenvalue weighted by Crippen LogP contribution is 2.17. The van der Waals surface area contributed by atoms with Crippen molar-refractivity contribution in [3.8, 4) is 0 Å². The summed E-state index contributed by atoms with van der Waals surface area (Å²) in [5, 5.41) is 13.4. The Hall–Kier alpha value is -3.14. The summed E-state index contributed by atoms with van der Waals surface area (Å²) in [6.07, 6.45) is 3.22. The first-order valence-electron chi connectivity index (χ1n) is 8.74. The number of fused-ring (bicyclic) bond motifs is 1. The SMILES string of the molecule is CCn1c2c(n(CCO)c1=O)CCCC(N)=N/C2=N/NC(=O)c1ccco1. The van der Waals surface area contributed by atoms with Crippen LogP contribution >= 0.6 is 0 Å². The molecule has 1 aliphatic heterocycles. The number of furan rings is 1. The summed E-state index contributed by atoms with van der Waals surface area (Å²) in [6, 6.07) is 3.10. The number of amides is 1. The molecule has 3 heterocycles. The number of aliphatic hydroxyl groups is 1. The fourth-order valence-corrected chi connectivity index (χ4v) is 3.09. The maximum absolute atomic E-state index is 12.7. The zero-order valence-electron chi connectivity index (χ0n) is 15.0. The number of aliphatic hydroxyl groups excluding tert-OH is 1. The second kappa shape index (κ2) is 8.04. The van der Waals surface area contributed by atoms with Gasteiger partial charge in [0.15, 0.2) is 11.6 Å². The molecule has 0 fully saturated rings. The molecule has 144 valence electrons. The highest BCUT2D eigenvalue weighted by Gasteiger charge is 2.25. The van der Waals surface area contributed by atoms with Crippen molar-refractivity contribution in [3.05, 3.63) is 46.0 Å². The number of carbonyl (C=O) groups excluding carboxylic acids is 1. The normalized spacial score (nSPS) is 15.8. The van der Waals surface area contributed by atoms with E-state index in [9.17, 15) is 14.7 Å². The van der Waals surface area contributed by atoms with Gasteiger partial charge in [-0.1, -0.05) is 0 Å². The fraction of sp³-hybridized carbons (Fsp3) is 0.412. The van der Waals surface area contributed by atoms with E-state index < -0.39 is 5.91 Å². The average molecular weight is 374 g/mol. The van der Waals surface area contributed by atoms with Gasteiger partial charge in [-0.2, -0.15) is 5.10 Å². The van der Waals surface area contributed by atoms with Crippen LogP contribution in [0.3, 0.4) is 0 Å².